The first-order valence-electron chi connectivity index (χ1n) is 8.82. The lowest BCUT2D eigenvalue weighted by Gasteiger charge is -2.43. The Morgan fingerprint density at radius 3 is 2.50 bits per heavy atom. The van der Waals surface area contributed by atoms with Gasteiger partial charge in [0.05, 0.1) is 0 Å². The lowest BCUT2D eigenvalue weighted by molar-refractivity contribution is 0.243. The molecule has 0 aliphatic heterocycles. The van der Waals surface area contributed by atoms with Crippen molar-refractivity contribution in [2.75, 3.05) is 20.1 Å². The molecule has 0 amide bonds. The normalized spacial score (nSPS) is 15.5. The maximum atomic E-state index is 13.2. The molecule has 0 unspecified atom stereocenters. The second-order valence-electron chi connectivity index (χ2n) is 6.56. The molecule has 0 radical (unpaired) electrons. The van der Waals surface area contributed by atoms with E-state index in [4.69, 9.17) is 0 Å². The smallest absolute Gasteiger partial charge is 0.191 e. The molecule has 3 rings (SSSR count). The molecule has 4 nitrogen and oxygen atoms in total. The summed E-state index contributed by atoms with van der Waals surface area (Å²) >= 11 is 0. The Hall–Kier alpha value is -1.70. The monoisotopic (exact) mass is 468 g/mol. The molecule has 0 spiro atoms. The number of rotatable bonds is 6. The fourth-order valence-corrected chi connectivity index (χ4v) is 3.30. The van der Waals surface area contributed by atoms with Crippen molar-refractivity contribution >= 4 is 29.9 Å². The summed E-state index contributed by atoms with van der Waals surface area (Å²) in [5.74, 6) is 0.613. The fraction of sp³-hybridized carbons (Fsp3) is 0.400. The summed E-state index contributed by atoms with van der Waals surface area (Å²) in [5, 5.41) is 6.77. The molecule has 1 fully saturated rings. The van der Waals surface area contributed by atoms with Gasteiger partial charge in [-0.3, -0.25) is 9.98 Å². The summed E-state index contributed by atoms with van der Waals surface area (Å²) in [4.78, 5) is 8.63. The first kappa shape index (κ1) is 20.6. The number of nitrogens with zero attached hydrogens (tertiary/aromatic N) is 2. The molecule has 26 heavy (non-hydrogen) atoms. The van der Waals surface area contributed by atoms with Crippen molar-refractivity contribution in [1.29, 1.82) is 0 Å². The van der Waals surface area contributed by atoms with Crippen LogP contribution < -0.4 is 10.6 Å². The molecule has 1 saturated carbocycles. The Bertz CT molecular complexity index is 700. The number of pyridine rings is 1. The third-order valence-corrected chi connectivity index (χ3v) is 4.98. The first-order chi connectivity index (χ1) is 12.2. The SMILES string of the molecule is CN=C(NCCc1ccccn1)NCC1(c2ccc(F)cc2)CCC1.I. The van der Waals surface area contributed by atoms with Crippen LogP contribution in [-0.4, -0.2) is 31.1 Å². The average Bonchev–Trinajstić information content (AvgIpc) is 2.61. The van der Waals surface area contributed by atoms with Gasteiger partial charge in [0.25, 0.3) is 0 Å². The van der Waals surface area contributed by atoms with Gasteiger partial charge in [-0.1, -0.05) is 24.6 Å². The number of guanidine groups is 1. The third-order valence-electron chi connectivity index (χ3n) is 4.98. The highest BCUT2D eigenvalue weighted by molar-refractivity contribution is 14.0. The number of aliphatic imine (C=N–C) groups is 1. The number of hydrogen-bond acceptors (Lipinski definition) is 2. The molecule has 1 aliphatic rings. The maximum absolute atomic E-state index is 13.2. The molecule has 1 aromatic carbocycles. The molecule has 2 aromatic rings. The molecular weight excluding hydrogens is 442 g/mol. The van der Waals surface area contributed by atoms with Crippen molar-refractivity contribution in [2.45, 2.75) is 31.1 Å². The molecule has 140 valence electrons. The fourth-order valence-electron chi connectivity index (χ4n) is 3.30. The lowest BCUT2D eigenvalue weighted by atomic mass is 9.64. The average molecular weight is 468 g/mol. The van der Waals surface area contributed by atoms with Crippen LogP contribution in [0.25, 0.3) is 0 Å². The summed E-state index contributed by atoms with van der Waals surface area (Å²) in [6.45, 7) is 1.59. The molecule has 1 heterocycles. The van der Waals surface area contributed by atoms with Crippen molar-refractivity contribution < 1.29 is 4.39 Å². The minimum absolute atomic E-state index is 0. The van der Waals surface area contributed by atoms with Crippen molar-refractivity contribution in [1.82, 2.24) is 15.6 Å². The molecule has 2 N–H and O–H groups in total. The molecule has 0 atom stereocenters. The van der Waals surface area contributed by atoms with Crippen LogP contribution in [0.15, 0.2) is 53.7 Å². The topological polar surface area (TPSA) is 49.3 Å². The largest absolute Gasteiger partial charge is 0.356 e. The van der Waals surface area contributed by atoms with E-state index in [2.05, 4.69) is 20.6 Å². The van der Waals surface area contributed by atoms with E-state index < -0.39 is 0 Å². The molecule has 0 saturated heterocycles. The minimum atomic E-state index is -0.182. The van der Waals surface area contributed by atoms with E-state index in [0.29, 0.717) is 0 Å². The van der Waals surface area contributed by atoms with Gasteiger partial charge in [-0.25, -0.2) is 4.39 Å². The zero-order valence-corrected chi connectivity index (χ0v) is 17.4. The van der Waals surface area contributed by atoms with E-state index in [9.17, 15) is 4.39 Å². The Labute approximate surface area is 171 Å². The number of aromatic nitrogens is 1. The maximum Gasteiger partial charge on any atom is 0.191 e. The van der Waals surface area contributed by atoms with Crippen LogP contribution in [0.3, 0.4) is 0 Å². The van der Waals surface area contributed by atoms with Crippen molar-refractivity contribution in [3.05, 3.63) is 65.7 Å². The van der Waals surface area contributed by atoms with Gasteiger partial charge in [0.15, 0.2) is 5.96 Å². The van der Waals surface area contributed by atoms with Gasteiger partial charge in [0.1, 0.15) is 5.82 Å². The number of benzene rings is 1. The van der Waals surface area contributed by atoms with E-state index in [1.54, 1.807) is 19.2 Å². The highest BCUT2D eigenvalue weighted by Crippen LogP contribution is 2.43. The van der Waals surface area contributed by atoms with Crippen LogP contribution in [0, 0.1) is 5.82 Å². The molecular formula is C20H26FIN4. The second-order valence-corrected chi connectivity index (χ2v) is 6.56. The zero-order valence-electron chi connectivity index (χ0n) is 15.0. The van der Waals surface area contributed by atoms with Crippen molar-refractivity contribution in [3.8, 4) is 0 Å². The molecule has 1 aliphatic carbocycles. The molecule has 0 bridgehead atoms. The van der Waals surface area contributed by atoms with Gasteiger partial charge in [0.2, 0.25) is 0 Å². The van der Waals surface area contributed by atoms with E-state index in [-0.39, 0.29) is 35.2 Å². The number of halogens is 2. The second kappa shape index (κ2) is 9.85. The van der Waals surface area contributed by atoms with Crippen LogP contribution in [0.5, 0.6) is 0 Å². The summed E-state index contributed by atoms with van der Waals surface area (Å²) in [6, 6.07) is 12.9. The quantitative estimate of drug-likeness (QED) is 0.387. The number of nitrogens with one attached hydrogen (secondary N) is 2. The Morgan fingerprint density at radius 1 is 1.15 bits per heavy atom. The first-order valence-corrected chi connectivity index (χ1v) is 8.82. The highest BCUT2D eigenvalue weighted by Gasteiger charge is 2.38. The summed E-state index contributed by atoms with van der Waals surface area (Å²) in [6.07, 6.45) is 6.12. The van der Waals surface area contributed by atoms with Crippen LogP contribution in [0.4, 0.5) is 4.39 Å². The third kappa shape index (κ3) is 5.16. The standard InChI is InChI=1S/C20H25FN4.HI/c1-22-19(24-14-10-18-5-2-3-13-23-18)25-15-20(11-4-12-20)16-6-8-17(21)9-7-16;/h2-3,5-9,13H,4,10-12,14-15H2,1H3,(H2,22,24,25);1H. The van der Waals surface area contributed by atoms with Crippen LogP contribution in [-0.2, 0) is 11.8 Å². The van der Waals surface area contributed by atoms with Crippen LogP contribution in [0.2, 0.25) is 0 Å². The summed E-state index contributed by atoms with van der Waals surface area (Å²) in [5.41, 5.74) is 2.36. The van der Waals surface area contributed by atoms with E-state index >= 15 is 0 Å². The van der Waals surface area contributed by atoms with Gasteiger partial charge in [-0.05, 0) is 42.7 Å². The van der Waals surface area contributed by atoms with Crippen molar-refractivity contribution in [2.24, 2.45) is 4.99 Å². The summed E-state index contributed by atoms with van der Waals surface area (Å²) < 4.78 is 13.2. The summed E-state index contributed by atoms with van der Waals surface area (Å²) in [7, 11) is 1.78. The van der Waals surface area contributed by atoms with Crippen molar-refractivity contribution in [3.63, 3.8) is 0 Å². The van der Waals surface area contributed by atoms with Gasteiger partial charge < -0.3 is 10.6 Å². The van der Waals surface area contributed by atoms with Crippen LogP contribution in [0.1, 0.15) is 30.5 Å². The van der Waals surface area contributed by atoms with Gasteiger partial charge >= 0.3 is 0 Å². The zero-order chi connectivity index (χ0) is 17.5. The van der Waals surface area contributed by atoms with E-state index in [1.165, 1.54) is 12.0 Å². The highest BCUT2D eigenvalue weighted by atomic mass is 127. The van der Waals surface area contributed by atoms with E-state index in [0.717, 1.165) is 44.0 Å². The van der Waals surface area contributed by atoms with E-state index in [1.807, 2.05) is 36.5 Å². The Kier molecular flexibility index (Phi) is 7.81. The minimum Gasteiger partial charge on any atom is -0.356 e. The van der Waals surface area contributed by atoms with Gasteiger partial charge in [-0.2, -0.15) is 0 Å². The molecule has 6 heteroatoms. The predicted octanol–water partition coefficient (Wildman–Crippen LogP) is 3.67. The molecule has 1 aromatic heterocycles. The Morgan fingerprint density at radius 2 is 1.92 bits per heavy atom. The van der Waals surface area contributed by atoms with Gasteiger partial charge in [0, 0.05) is 43.9 Å². The number of hydrogen-bond donors (Lipinski definition) is 2. The van der Waals surface area contributed by atoms with Crippen LogP contribution >= 0.6 is 24.0 Å². The lowest BCUT2D eigenvalue weighted by Crippen LogP contribution is -2.49. The van der Waals surface area contributed by atoms with Gasteiger partial charge in [-0.15, -0.1) is 24.0 Å². The predicted molar refractivity (Wildman–Crippen MR) is 115 cm³/mol. The Balaban J connectivity index is 0.00000243.